The maximum atomic E-state index is 5.76. The number of halogens is 3. The highest BCUT2D eigenvalue weighted by atomic mass is 35.5. The van der Waals surface area contributed by atoms with Gasteiger partial charge in [0.05, 0.1) is 5.52 Å². The number of nitrogens with zero attached hydrogens (tertiary/aromatic N) is 3. The molecular weight excluding hydrogens is 232 g/mol. The van der Waals surface area contributed by atoms with Crippen molar-refractivity contribution < 1.29 is 0 Å². The molecule has 0 radical (unpaired) electrons. The fourth-order valence-corrected chi connectivity index (χ4v) is 1.22. The van der Waals surface area contributed by atoms with Gasteiger partial charge < -0.3 is 0 Å². The first-order chi connectivity index (χ1) is 5.77. The summed E-state index contributed by atoms with van der Waals surface area (Å²) in [5.74, 6) is 0. The molecule has 0 saturated carbocycles. The van der Waals surface area contributed by atoms with Crippen LogP contribution in [0, 0.1) is 0 Å². The van der Waals surface area contributed by atoms with E-state index in [9.17, 15) is 0 Å². The molecule has 0 aliphatic carbocycles. The molecule has 2 heterocycles. The molecule has 0 aromatic carbocycles. The molecule has 0 aliphatic rings. The van der Waals surface area contributed by atoms with E-state index in [4.69, 9.17) is 23.2 Å². The highest BCUT2D eigenvalue weighted by Gasteiger charge is 2.01. The Labute approximate surface area is 90.5 Å². The molecule has 6 heteroatoms. The van der Waals surface area contributed by atoms with Crippen molar-refractivity contribution >= 4 is 46.6 Å². The summed E-state index contributed by atoms with van der Waals surface area (Å²) >= 11 is 11.4. The summed E-state index contributed by atoms with van der Waals surface area (Å²) in [5.41, 5.74) is 1.23. The third-order valence-corrected chi connectivity index (χ3v) is 1.89. The number of aromatic nitrogens is 3. The molecule has 0 N–H and O–H groups in total. The van der Waals surface area contributed by atoms with Crippen molar-refractivity contribution in [1.29, 1.82) is 0 Å². The fraction of sp³-hybridized carbons (Fsp3) is 0. The Kier molecular flexibility index (Phi) is 3.25. The Morgan fingerprint density at radius 2 is 1.85 bits per heavy atom. The molecule has 0 saturated heterocycles. The van der Waals surface area contributed by atoms with Crippen molar-refractivity contribution in [3.8, 4) is 0 Å². The molecule has 0 aliphatic heterocycles. The van der Waals surface area contributed by atoms with Gasteiger partial charge in [-0.3, -0.25) is 0 Å². The van der Waals surface area contributed by atoms with Crippen LogP contribution in [0.2, 0.25) is 10.3 Å². The van der Waals surface area contributed by atoms with Crippen LogP contribution in [-0.2, 0) is 0 Å². The van der Waals surface area contributed by atoms with Crippen molar-refractivity contribution in [2.24, 2.45) is 0 Å². The van der Waals surface area contributed by atoms with Gasteiger partial charge in [-0.25, -0.2) is 15.0 Å². The highest BCUT2D eigenvalue weighted by Crippen LogP contribution is 2.18. The van der Waals surface area contributed by atoms with E-state index in [-0.39, 0.29) is 12.4 Å². The van der Waals surface area contributed by atoms with Gasteiger partial charge >= 0.3 is 0 Å². The summed E-state index contributed by atoms with van der Waals surface area (Å²) in [6, 6.07) is 3.41. The predicted octanol–water partition coefficient (Wildman–Crippen LogP) is 2.75. The van der Waals surface area contributed by atoms with Gasteiger partial charge in [-0.1, -0.05) is 23.2 Å². The zero-order valence-electron chi connectivity index (χ0n) is 6.24. The fourth-order valence-electron chi connectivity index (χ4n) is 0.887. The van der Waals surface area contributed by atoms with Gasteiger partial charge in [0.25, 0.3) is 0 Å². The second-order valence-electron chi connectivity index (χ2n) is 2.17. The second-order valence-corrected chi connectivity index (χ2v) is 2.91. The maximum absolute atomic E-state index is 5.76. The number of hydrogen-bond donors (Lipinski definition) is 0. The smallest absolute Gasteiger partial charge is 0.158 e. The van der Waals surface area contributed by atoms with Crippen LogP contribution in [0.4, 0.5) is 0 Å². The molecule has 0 amide bonds. The lowest BCUT2D eigenvalue weighted by molar-refractivity contribution is 1.20. The van der Waals surface area contributed by atoms with E-state index in [0.717, 1.165) is 0 Å². The monoisotopic (exact) mass is 235 g/mol. The third-order valence-electron chi connectivity index (χ3n) is 1.40. The molecule has 2 aromatic rings. The quantitative estimate of drug-likeness (QED) is 0.521. The van der Waals surface area contributed by atoms with Gasteiger partial charge in [-0.2, -0.15) is 0 Å². The average Bonchev–Trinajstić information content (AvgIpc) is 2.07. The van der Waals surface area contributed by atoms with Crippen molar-refractivity contribution in [2.75, 3.05) is 0 Å². The number of pyridine rings is 1. The molecule has 13 heavy (non-hydrogen) atoms. The minimum absolute atomic E-state index is 0. The normalized spacial score (nSPS) is 9.69. The van der Waals surface area contributed by atoms with Gasteiger partial charge in [0.1, 0.15) is 17.0 Å². The third kappa shape index (κ3) is 1.99. The Morgan fingerprint density at radius 1 is 1.08 bits per heavy atom. The summed E-state index contributed by atoms with van der Waals surface area (Å²) in [4.78, 5) is 11.7. The molecular formula is C7H4Cl3N3. The Hall–Kier alpha value is -0.640. The van der Waals surface area contributed by atoms with Crippen LogP contribution in [0.3, 0.4) is 0 Å². The van der Waals surface area contributed by atoms with Crippen molar-refractivity contribution in [3.05, 3.63) is 28.8 Å². The zero-order chi connectivity index (χ0) is 8.55. The summed E-state index contributed by atoms with van der Waals surface area (Å²) < 4.78 is 0. The van der Waals surface area contributed by atoms with Crippen LogP contribution in [-0.4, -0.2) is 15.0 Å². The highest BCUT2D eigenvalue weighted by molar-refractivity contribution is 6.34. The van der Waals surface area contributed by atoms with Crippen molar-refractivity contribution in [3.63, 3.8) is 0 Å². The minimum atomic E-state index is 0. The zero-order valence-corrected chi connectivity index (χ0v) is 8.57. The van der Waals surface area contributed by atoms with Crippen LogP contribution in [0.1, 0.15) is 0 Å². The molecule has 0 atom stereocenters. The van der Waals surface area contributed by atoms with Crippen LogP contribution in [0.15, 0.2) is 18.5 Å². The van der Waals surface area contributed by atoms with Gasteiger partial charge in [0.2, 0.25) is 0 Å². The molecule has 0 spiro atoms. The van der Waals surface area contributed by atoms with Gasteiger partial charge in [-0.15, -0.1) is 12.4 Å². The predicted molar refractivity (Wildman–Crippen MR) is 54.6 cm³/mol. The van der Waals surface area contributed by atoms with Crippen LogP contribution in [0.25, 0.3) is 11.0 Å². The first kappa shape index (κ1) is 10.4. The molecule has 2 rings (SSSR count). The molecule has 2 aromatic heterocycles. The molecule has 3 nitrogen and oxygen atoms in total. The van der Waals surface area contributed by atoms with E-state index >= 15 is 0 Å². The van der Waals surface area contributed by atoms with E-state index < -0.39 is 0 Å². The maximum Gasteiger partial charge on any atom is 0.158 e. The Balaban J connectivity index is 0.000000845. The van der Waals surface area contributed by atoms with E-state index in [1.54, 1.807) is 12.1 Å². The van der Waals surface area contributed by atoms with Crippen LogP contribution < -0.4 is 0 Å². The van der Waals surface area contributed by atoms with Crippen molar-refractivity contribution in [1.82, 2.24) is 15.0 Å². The number of rotatable bonds is 0. The van der Waals surface area contributed by atoms with Gasteiger partial charge in [-0.05, 0) is 12.1 Å². The van der Waals surface area contributed by atoms with E-state index in [2.05, 4.69) is 15.0 Å². The lowest BCUT2D eigenvalue weighted by Gasteiger charge is -1.96. The van der Waals surface area contributed by atoms with Crippen LogP contribution >= 0.6 is 35.6 Å². The first-order valence-corrected chi connectivity index (χ1v) is 3.96. The molecule has 0 bridgehead atoms. The largest absolute Gasteiger partial charge is 0.235 e. The molecule has 0 fully saturated rings. The molecule has 68 valence electrons. The average molecular weight is 236 g/mol. The number of fused-ring (bicyclic) bond motifs is 1. The van der Waals surface area contributed by atoms with E-state index in [1.807, 2.05) is 0 Å². The summed E-state index contributed by atoms with van der Waals surface area (Å²) in [6.45, 7) is 0. The topological polar surface area (TPSA) is 38.7 Å². The van der Waals surface area contributed by atoms with E-state index in [1.165, 1.54) is 6.33 Å². The Bertz CT molecular complexity index is 432. The lowest BCUT2D eigenvalue weighted by atomic mass is 10.4. The standard InChI is InChI=1S/C7H3Cl2N3.ClH/c8-5-2-1-4-6(12-5)7(9)11-3-10-4;/h1-3H;1H. The van der Waals surface area contributed by atoms with Crippen molar-refractivity contribution in [2.45, 2.75) is 0 Å². The first-order valence-electron chi connectivity index (χ1n) is 3.20. The van der Waals surface area contributed by atoms with Crippen LogP contribution in [0.5, 0.6) is 0 Å². The van der Waals surface area contributed by atoms with Gasteiger partial charge in [0.15, 0.2) is 5.15 Å². The van der Waals surface area contributed by atoms with Gasteiger partial charge in [0, 0.05) is 0 Å². The second kappa shape index (κ2) is 4.05. The minimum Gasteiger partial charge on any atom is -0.235 e. The Morgan fingerprint density at radius 3 is 2.62 bits per heavy atom. The summed E-state index contributed by atoms with van der Waals surface area (Å²) in [6.07, 6.45) is 1.39. The molecule has 0 unspecified atom stereocenters. The summed E-state index contributed by atoms with van der Waals surface area (Å²) in [5, 5.41) is 0.710. The number of hydrogen-bond acceptors (Lipinski definition) is 3. The SMILES string of the molecule is Cl.Clc1ccc2ncnc(Cl)c2n1. The summed E-state index contributed by atoms with van der Waals surface area (Å²) in [7, 11) is 0. The lowest BCUT2D eigenvalue weighted by Crippen LogP contribution is -1.86. The van der Waals surface area contributed by atoms with E-state index in [0.29, 0.717) is 21.3 Å².